The molecule has 6 N–H and O–H groups in total. The normalized spacial score (nSPS) is 19.2. The highest BCUT2D eigenvalue weighted by Gasteiger charge is 2.47. The first-order chi connectivity index (χ1) is 40.7. The second kappa shape index (κ2) is 58.9. The summed E-state index contributed by atoms with van der Waals surface area (Å²) < 4.78 is 17.7. The summed E-state index contributed by atoms with van der Waals surface area (Å²) in [5.74, 6) is -1.22. The Morgan fingerprint density at radius 2 is 0.867 bits per heavy atom. The molecule has 83 heavy (non-hydrogen) atoms. The number of unbranched alkanes of at least 4 members (excludes halogenated alkanes) is 29. The third kappa shape index (κ3) is 46.5. The molecule has 11 nitrogen and oxygen atoms in total. The van der Waals surface area contributed by atoms with Crippen molar-refractivity contribution in [1.29, 1.82) is 0 Å². The van der Waals surface area contributed by atoms with Crippen LogP contribution in [0.5, 0.6) is 0 Å². The molecule has 1 rings (SSSR count). The lowest BCUT2D eigenvalue weighted by atomic mass is 9.99. The molecule has 1 saturated heterocycles. The van der Waals surface area contributed by atoms with Crippen molar-refractivity contribution >= 4 is 11.9 Å². The number of aliphatic hydroxyl groups excluding tert-OH is 5. The summed E-state index contributed by atoms with van der Waals surface area (Å²) in [5.41, 5.74) is 0. The van der Waals surface area contributed by atoms with Crippen LogP contribution in [0, 0.1) is 0 Å². The Hall–Kier alpha value is -3.42. The van der Waals surface area contributed by atoms with Gasteiger partial charge in [-0.2, -0.15) is 0 Å². The smallest absolute Gasteiger partial charge is 0.306 e. The molecular weight excluding hydrogens is 1040 g/mol. The lowest BCUT2D eigenvalue weighted by Crippen LogP contribution is -2.61. The number of rotatable bonds is 57. The van der Waals surface area contributed by atoms with Gasteiger partial charge in [0, 0.05) is 6.42 Å². The Kier molecular flexibility index (Phi) is 55.1. The predicted octanol–water partition coefficient (Wildman–Crippen LogP) is 17.1. The monoisotopic (exact) mass is 1160 g/mol. The van der Waals surface area contributed by atoms with Crippen molar-refractivity contribution in [3.05, 3.63) is 97.2 Å². The van der Waals surface area contributed by atoms with Gasteiger partial charge in [0.25, 0.3) is 0 Å². The van der Waals surface area contributed by atoms with Gasteiger partial charge in [0.05, 0.1) is 25.4 Å². The topological polar surface area (TPSA) is 175 Å². The maximum Gasteiger partial charge on any atom is 0.306 e. The summed E-state index contributed by atoms with van der Waals surface area (Å²) in [7, 11) is 0. The second-order valence-corrected chi connectivity index (χ2v) is 23.2. The van der Waals surface area contributed by atoms with E-state index in [4.69, 9.17) is 14.2 Å². The summed E-state index contributed by atoms with van der Waals surface area (Å²) in [5, 5.41) is 57.1. The summed E-state index contributed by atoms with van der Waals surface area (Å²) >= 11 is 0. The zero-order chi connectivity index (χ0) is 60.3. The van der Waals surface area contributed by atoms with Gasteiger partial charge in [-0.1, -0.05) is 272 Å². The van der Waals surface area contributed by atoms with Crippen LogP contribution in [-0.2, 0) is 23.8 Å². The van der Waals surface area contributed by atoms with E-state index in [2.05, 4.69) is 111 Å². The van der Waals surface area contributed by atoms with Gasteiger partial charge in [-0.05, 0) is 103 Å². The first-order valence-corrected chi connectivity index (χ1v) is 34.0. The zero-order valence-electron chi connectivity index (χ0n) is 53.0. The van der Waals surface area contributed by atoms with Crippen LogP contribution >= 0.6 is 0 Å². The van der Waals surface area contributed by atoms with Crippen LogP contribution in [0.3, 0.4) is 0 Å². The minimum absolute atomic E-state index is 0.117. The lowest BCUT2D eigenvalue weighted by molar-refractivity contribution is -0.305. The van der Waals surface area contributed by atoms with Crippen LogP contribution in [0.1, 0.15) is 284 Å². The number of amides is 1. The van der Waals surface area contributed by atoms with E-state index < -0.39 is 67.4 Å². The fourth-order valence-corrected chi connectivity index (χ4v) is 10.1. The van der Waals surface area contributed by atoms with Crippen molar-refractivity contribution in [2.75, 3.05) is 13.2 Å². The van der Waals surface area contributed by atoms with Crippen molar-refractivity contribution in [3.63, 3.8) is 0 Å². The average Bonchev–Trinajstić information content (AvgIpc) is 3.61. The van der Waals surface area contributed by atoms with E-state index in [1.807, 2.05) is 6.08 Å². The van der Waals surface area contributed by atoms with Gasteiger partial charge >= 0.3 is 5.97 Å². The quantitative estimate of drug-likeness (QED) is 0.0195. The first kappa shape index (κ1) is 77.6. The van der Waals surface area contributed by atoms with E-state index in [1.165, 1.54) is 128 Å². The van der Waals surface area contributed by atoms with Gasteiger partial charge in [0.2, 0.25) is 5.91 Å². The molecule has 1 aliphatic rings. The number of hydrogen-bond donors (Lipinski definition) is 6. The Labute approximate surface area is 507 Å². The van der Waals surface area contributed by atoms with Gasteiger partial charge in [0.1, 0.15) is 24.4 Å². The van der Waals surface area contributed by atoms with Gasteiger partial charge in [-0.3, -0.25) is 9.59 Å². The van der Waals surface area contributed by atoms with Gasteiger partial charge in [-0.15, -0.1) is 0 Å². The highest BCUT2D eigenvalue weighted by atomic mass is 16.7. The number of nitrogens with one attached hydrogen (secondary N) is 1. The van der Waals surface area contributed by atoms with Crippen molar-refractivity contribution < 1.29 is 49.3 Å². The molecule has 8 atom stereocenters. The van der Waals surface area contributed by atoms with Gasteiger partial charge in [-0.25, -0.2) is 0 Å². The van der Waals surface area contributed by atoms with E-state index in [-0.39, 0.29) is 19.4 Å². The molecule has 0 bridgehead atoms. The molecule has 11 heteroatoms. The number of allylic oxidation sites excluding steroid dienone is 15. The van der Waals surface area contributed by atoms with E-state index in [1.54, 1.807) is 6.08 Å². The molecule has 0 aromatic carbocycles. The minimum Gasteiger partial charge on any atom is -0.454 e. The lowest BCUT2D eigenvalue weighted by Gasteiger charge is -2.41. The number of carbonyl (C=O) groups excluding carboxylic acids is 2. The Balaban J connectivity index is 2.60. The number of esters is 1. The van der Waals surface area contributed by atoms with Crippen molar-refractivity contribution in [2.24, 2.45) is 0 Å². The molecule has 1 fully saturated rings. The van der Waals surface area contributed by atoms with E-state index in [0.717, 1.165) is 109 Å². The van der Waals surface area contributed by atoms with Gasteiger partial charge < -0.3 is 45.1 Å². The fraction of sp³-hybridized carbons (Fsp3) is 0.750. The van der Waals surface area contributed by atoms with Crippen LogP contribution in [-0.4, -0.2) is 99.6 Å². The standard InChI is InChI=1S/C72H125NO10/c1-4-7-10-13-16-19-22-24-26-28-30-32-33-34-36-38-40-42-45-48-51-54-57-60-67(77)83-70-69(79)68(78)66(61-74)82-72(70)81-62-63(64(75)58-55-52-49-46-43-21-18-15-12-9-6-3)73-71(80)65(76)59-56-53-50-47-44-41-39-37-35-31-29-27-25-23-20-17-14-11-8-5-2/h8,11,16-17,19-20,24-27,31,35,39,41,55,58,63-66,68-70,72,74-76,78-79H,4-7,9-10,12-15,18,21-23,28-30,32-34,36-38,40,42-54,56-57,59-62H2,1-3H3,(H,73,80)/b11-8-,19-16-,20-17-,26-24-,27-25-,35-31-,41-39-,58-55+. The molecule has 1 aliphatic heterocycles. The van der Waals surface area contributed by atoms with Crippen LogP contribution < -0.4 is 5.32 Å². The Bertz CT molecular complexity index is 1720. The largest absolute Gasteiger partial charge is 0.454 e. The molecule has 0 spiro atoms. The molecule has 8 unspecified atom stereocenters. The summed E-state index contributed by atoms with van der Waals surface area (Å²) in [4.78, 5) is 26.6. The Morgan fingerprint density at radius 3 is 1.33 bits per heavy atom. The maximum absolute atomic E-state index is 13.4. The zero-order valence-corrected chi connectivity index (χ0v) is 53.0. The molecule has 0 saturated carbocycles. The van der Waals surface area contributed by atoms with E-state index in [9.17, 15) is 35.1 Å². The predicted molar refractivity (Wildman–Crippen MR) is 347 cm³/mol. The van der Waals surface area contributed by atoms with E-state index in [0.29, 0.717) is 12.8 Å². The van der Waals surface area contributed by atoms with Crippen molar-refractivity contribution in [1.82, 2.24) is 5.32 Å². The van der Waals surface area contributed by atoms with Crippen LogP contribution in [0.25, 0.3) is 0 Å². The SMILES string of the molecule is CC/C=C\C/C=C\C/C=C\C/C=C\C/C=C\CCCCCCC(O)C(=O)NC(COC1OC(CO)C(O)C(O)C1OC(=O)CCCCCCCCCCCCCCC/C=C\C/C=C\CCCCC)C(O)/C=C/CCCCCCCCCCC. The van der Waals surface area contributed by atoms with Crippen LogP contribution in [0.15, 0.2) is 97.2 Å². The Morgan fingerprint density at radius 1 is 0.482 bits per heavy atom. The summed E-state index contributed by atoms with van der Waals surface area (Å²) in [6.07, 6.45) is 68.7. The van der Waals surface area contributed by atoms with Crippen molar-refractivity contribution in [3.8, 4) is 0 Å². The highest BCUT2D eigenvalue weighted by molar-refractivity contribution is 5.80. The van der Waals surface area contributed by atoms with E-state index >= 15 is 0 Å². The molecule has 0 radical (unpaired) electrons. The number of hydrogen-bond acceptors (Lipinski definition) is 10. The van der Waals surface area contributed by atoms with Crippen LogP contribution in [0.2, 0.25) is 0 Å². The first-order valence-electron chi connectivity index (χ1n) is 34.0. The van der Waals surface area contributed by atoms with Gasteiger partial charge in [0.15, 0.2) is 12.4 Å². The molecule has 0 aromatic rings. The second-order valence-electron chi connectivity index (χ2n) is 23.2. The number of carbonyl (C=O) groups is 2. The highest BCUT2D eigenvalue weighted by Crippen LogP contribution is 2.26. The summed E-state index contributed by atoms with van der Waals surface area (Å²) in [6, 6.07) is -1.04. The molecule has 0 aliphatic carbocycles. The molecular formula is C72H125NO10. The van der Waals surface area contributed by atoms with Crippen molar-refractivity contribution in [2.45, 2.75) is 333 Å². The maximum atomic E-state index is 13.4. The third-order valence-corrected chi connectivity index (χ3v) is 15.5. The molecule has 1 amide bonds. The number of aliphatic hydroxyl groups is 5. The average molecular weight is 1160 g/mol. The fourth-order valence-electron chi connectivity index (χ4n) is 10.1. The minimum atomic E-state index is -1.62. The molecule has 478 valence electrons. The third-order valence-electron chi connectivity index (χ3n) is 15.5. The number of ether oxygens (including phenoxy) is 3. The molecule has 1 heterocycles. The summed E-state index contributed by atoms with van der Waals surface area (Å²) in [6.45, 7) is 5.65. The molecule has 0 aromatic heterocycles. The van der Waals surface area contributed by atoms with Crippen LogP contribution in [0.4, 0.5) is 0 Å².